The van der Waals surface area contributed by atoms with Crippen LogP contribution in [0.15, 0.2) is 83.8 Å². The number of nitrogens with one attached hydrogen (secondary N) is 2. The van der Waals surface area contributed by atoms with E-state index in [9.17, 15) is 13.2 Å². The summed E-state index contributed by atoms with van der Waals surface area (Å²) in [6.45, 7) is 0. The fourth-order valence-electron chi connectivity index (χ4n) is 2.75. The number of hydrogen-bond acceptors (Lipinski definition) is 3. The van der Waals surface area contributed by atoms with E-state index in [2.05, 4.69) is 10.0 Å². The molecule has 1 atom stereocenters. The van der Waals surface area contributed by atoms with Crippen molar-refractivity contribution in [2.24, 2.45) is 0 Å². The lowest BCUT2D eigenvalue weighted by Crippen LogP contribution is -2.45. The zero-order chi connectivity index (χ0) is 20.9. The van der Waals surface area contributed by atoms with Gasteiger partial charge >= 0.3 is 0 Å². The zero-order valence-electron chi connectivity index (χ0n) is 15.2. The quantitative estimate of drug-likeness (QED) is 0.557. The topological polar surface area (TPSA) is 75.3 Å². The number of benzene rings is 3. The molecule has 0 radical (unpaired) electrons. The molecule has 0 saturated carbocycles. The fraction of sp³-hybridized carbons (Fsp3) is 0.0952. The zero-order valence-corrected chi connectivity index (χ0v) is 17.5. The third kappa shape index (κ3) is 6.05. The van der Waals surface area contributed by atoms with Crippen molar-refractivity contribution in [1.82, 2.24) is 4.72 Å². The average molecular weight is 449 g/mol. The lowest BCUT2D eigenvalue weighted by Gasteiger charge is -2.19. The fourth-order valence-corrected chi connectivity index (χ4v) is 4.49. The first kappa shape index (κ1) is 21.3. The van der Waals surface area contributed by atoms with Crippen molar-refractivity contribution >= 4 is 44.8 Å². The maximum Gasteiger partial charge on any atom is 0.242 e. The Kier molecular flexibility index (Phi) is 6.92. The van der Waals surface area contributed by atoms with Gasteiger partial charge in [0.1, 0.15) is 6.04 Å². The molecule has 3 rings (SSSR count). The molecular weight excluding hydrogens is 431 g/mol. The lowest BCUT2D eigenvalue weighted by atomic mass is 10.1. The third-order valence-electron chi connectivity index (χ3n) is 4.08. The van der Waals surface area contributed by atoms with Gasteiger partial charge in [0.2, 0.25) is 15.9 Å². The van der Waals surface area contributed by atoms with Gasteiger partial charge in [-0.3, -0.25) is 4.79 Å². The monoisotopic (exact) mass is 448 g/mol. The van der Waals surface area contributed by atoms with E-state index < -0.39 is 22.0 Å². The van der Waals surface area contributed by atoms with Crippen LogP contribution < -0.4 is 10.0 Å². The Balaban J connectivity index is 1.87. The molecule has 2 N–H and O–H groups in total. The van der Waals surface area contributed by atoms with Crippen LogP contribution in [0.1, 0.15) is 5.56 Å². The van der Waals surface area contributed by atoms with Gasteiger partial charge in [-0.15, -0.1) is 0 Å². The molecule has 0 aliphatic carbocycles. The number of hydrogen-bond donors (Lipinski definition) is 2. The molecule has 0 bridgehead atoms. The number of rotatable bonds is 7. The highest BCUT2D eigenvalue weighted by molar-refractivity contribution is 7.89. The second-order valence-corrected chi connectivity index (χ2v) is 8.91. The van der Waals surface area contributed by atoms with Gasteiger partial charge in [-0.1, -0.05) is 71.7 Å². The van der Waals surface area contributed by atoms with Crippen LogP contribution in [0.2, 0.25) is 10.0 Å². The number of anilines is 1. The van der Waals surface area contributed by atoms with E-state index in [-0.39, 0.29) is 11.3 Å². The minimum atomic E-state index is -3.90. The largest absolute Gasteiger partial charge is 0.325 e. The molecule has 150 valence electrons. The Hall–Kier alpha value is -2.38. The Morgan fingerprint density at radius 1 is 0.862 bits per heavy atom. The predicted octanol–water partition coefficient (Wildman–Crippen LogP) is 4.52. The van der Waals surface area contributed by atoms with Crippen LogP contribution in [0.5, 0.6) is 0 Å². The summed E-state index contributed by atoms with van der Waals surface area (Å²) in [4.78, 5) is 13.0. The number of halogens is 2. The normalized spacial score (nSPS) is 12.3. The molecule has 3 aromatic carbocycles. The first-order valence-electron chi connectivity index (χ1n) is 8.72. The predicted molar refractivity (Wildman–Crippen MR) is 116 cm³/mol. The van der Waals surface area contributed by atoms with E-state index in [0.717, 1.165) is 5.56 Å². The maximum atomic E-state index is 12.9. The first-order chi connectivity index (χ1) is 13.8. The summed E-state index contributed by atoms with van der Waals surface area (Å²) in [7, 11) is -3.90. The van der Waals surface area contributed by atoms with Crippen LogP contribution in [-0.2, 0) is 21.2 Å². The Bertz CT molecular complexity index is 1070. The number of carbonyl (C=O) groups is 1. The molecule has 0 heterocycles. The molecule has 0 aliphatic heterocycles. The molecule has 0 fully saturated rings. The number of carbonyl (C=O) groups excluding carboxylic acids is 1. The highest BCUT2D eigenvalue weighted by Gasteiger charge is 2.26. The van der Waals surface area contributed by atoms with Crippen LogP contribution in [0, 0.1) is 0 Å². The molecule has 0 aliphatic rings. The molecule has 8 heteroatoms. The van der Waals surface area contributed by atoms with Crippen molar-refractivity contribution in [2.45, 2.75) is 17.4 Å². The van der Waals surface area contributed by atoms with Gasteiger partial charge < -0.3 is 5.32 Å². The summed E-state index contributed by atoms with van der Waals surface area (Å²) in [5.41, 5.74) is 1.19. The smallest absolute Gasteiger partial charge is 0.242 e. The van der Waals surface area contributed by atoms with Gasteiger partial charge in [-0.25, -0.2) is 8.42 Å². The van der Waals surface area contributed by atoms with Crippen LogP contribution >= 0.6 is 23.2 Å². The average Bonchev–Trinajstić information content (AvgIpc) is 2.68. The Labute approximate surface area is 179 Å². The summed E-state index contributed by atoms with van der Waals surface area (Å²) in [6, 6.07) is 20.6. The van der Waals surface area contributed by atoms with E-state index in [1.165, 1.54) is 24.3 Å². The van der Waals surface area contributed by atoms with Gasteiger partial charge in [-0.05, 0) is 42.3 Å². The van der Waals surface area contributed by atoms with E-state index in [1.54, 1.807) is 24.3 Å². The molecule has 0 saturated heterocycles. The Morgan fingerprint density at radius 2 is 1.41 bits per heavy atom. The van der Waals surface area contributed by atoms with Crippen LogP contribution in [0.3, 0.4) is 0 Å². The van der Waals surface area contributed by atoms with E-state index in [0.29, 0.717) is 15.7 Å². The molecule has 0 unspecified atom stereocenters. The first-order valence-corrected chi connectivity index (χ1v) is 11.0. The van der Waals surface area contributed by atoms with Gasteiger partial charge in [0.25, 0.3) is 0 Å². The van der Waals surface area contributed by atoms with Crippen molar-refractivity contribution in [1.29, 1.82) is 0 Å². The van der Waals surface area contributed by atoms with Crippen LogP contribution in [0.4, 0.5) is 5.69 Å². The molecular formula is C21H18Cl2N2O3S. The summed E-state index contributed by atoms with van der Waals surface area (Å²) < 4.78 is 28.0. The molecule has 0 aromatic heterocycles. The van der Waals surface area contributed by atoms with Crippen molar-refractivity contribution in [2.75, 3.05) is 5.32 Å². The summed E-state index contributed by atoms with van der Waals surface area (Å²) in [6.07, 6.45) is 0.174. The van der Waals surface area contributed by atoms with E-state index in [4.69, 9.17) is 23.2 Å². The molecule has 3 aromatic rings. The second-order valence-electron chi connectivity index (χ2n) is 6.32. The standard InChI is InChI=1S/C21H18Cl2N2O3S/c22-16-12-17(23)14-18(13-16)24-21(26)20(11-15-7-3-1-4-8-15)25-29(27,28)19-9-5-2-6-10-19/h1-10,12-14,20,25H,11H2,(H,24,26)/t20-/m0/s1. The molecule has 1 amide bonds. The molecule has 5 nitrogen and oxygen atoms in total. The summed E-state index contributed by atoms with van der Waals surface area (Å²) in [5, 5.41) is 3.40. The summed E-state index contributed by atoms with van der Waals surface area (Å²) >= 11 is 12.0. The second kappa shape index (κ2) is 9.41. The van der Waals surface area contributed by atoms with Crippen LogP contribution in [0.25, 0.3) is 0 Å². The maximum absolute atomic E-state index is 12.9. The van der Waals surface area contributed by atoms with Crippen molar-refractivity contribution < 1.29 is 13.2 Å². The SMILES string of the molecule is O=C(Nc1cc(Cl)cc(Cl)c1)[C@H](Cc1ccccc1)NS(=O)(=O)c1ccccc1. The van der Waals surface area contributed by atoms with E-state index in [1.807, 2.05) is 30.3 Å². The highest BCUT2D eigenvalue weighted by atomic mass is 35.5. The third-order valence-corrected chi connectivity index (χ3v) is 6.00. The summed E-state index contributed by atoms with van der Waals surface area (Å²) in [5.74, 6) is -0.522. The minimum Gasteiger partial charge on any atom is -0.325 e. The van der Waals surface area contributed by atoms with Gasteiger partial charge in [0, 0.05) is 15.7 Å². The van der Waals surface area contributed by atoms with E-state index >= 15 is 0 Å². The van der Waals surface area contributed by atoms with Crippen molar-refractivity contribution in [3.8, 4) is 0 Å². The molecule has 0 spiro atoms. The van der Waals surface area contributed by atoms with Crippen molar-refractivity contribution in [3.63, 3.8) is 0 Å². The number of amides is 1. The van der Waals surface area contributed by atoms with Gasteiger partial charge in [0.15, 0.2) is 0 Å². The number of sulfonamides is 1. The van der Waals surface area contributed by atoms with Crippen molar-refractivity contribution in [3.05, 3.63) is 94.5 Å². The Morgan fingerprint density at radius 3 is 2.00 bits per heavy atom. The minimum absolute atomic E-state index is 0.0802. The van der Waals surface area contributed by atoms with Gasteiger partial charge in [-0.2, -0.15) is 4.72 Å². The molecule has 29 heavy (non-hydrogen) atoms. The lowest BCUT2D eigenvalue weighted by molar-refractivity contribution is -0.117. The van der Waals surface area contributed by atoms with Crippen LogP contribution in [-0.4, -0.2) is 20.4 Å². The van der Waals surface area contributed by atoms with Gasteiger partial charge in [0.05, 0.1) is 4.90 Å². The highest BCUT2D eigenvalue weighted by Crippen LogP contribution is 2.23.